The predicted molar refractivity (Wildman–Crippen MR) is 213 cm³/mol. The van der Waals surface area contributed by atoms with Crippen LogP contribution in [0.25, 0.3) is 44.3 Å². The summed E-state index contributed by atoms with van der Waals surface area (Å²) in [5.74, 6) is 0.719. The van der Waals surface area contributed by atoms with Gasteiger partial charge in [0.1, 0.15) is 16.5 Å². The molecule has 55 heavy (non-hydrogen) atoms. The number of pyridine rings is 4. The predicted octanol–water partition coefficient (Wildman–Crippen LogP) is 5.68. The Morgan fingerprint density at radius 1 is 0.636 bits per heavy atom. The lowest BCUT2D eigenvalue weighted by Crippen LogP contribution is -2.37. The molecule has 2 saturated heterocycles. The van der Waals surface area contributed by atoms with Crippen LogP contribution in [0.4, 0.5) is 10.9 Å². The van der Waals surface area contributed by atoms with Crippen LogP contribution in [-0.4, -0.2) is 125 Å². The number of aryl methyl sites for hydroxylation is 2. The van der Waals surface area contributed by atoms with Crippen LogP contribution in [0.1, 0.15) is 12.8 Å². The number of fused-ring (bicyclic) bond motifs is 2. The maximum Gasteiger partial charge on any atom is 0.210 e. The maximum absolute atomic E-state index is 5.98. The number of morpholine rings is 2. The number of anilines is 2. The summed E-state index contributed by atoms with van der Waals surface area (Å²) in [6.45, 7) is 11.4. The van der Waals surface area contributed by atoms with E-state index < -0.39 is 0 Å². The third-order valence-corrected chi connectivity index (χ3v) is 10.3. The Labute approximate surface area is 327 Å². The summed E-state index contributed by atoms with van der Waals surface area (Å²) in [7, 11) is 0. The number of nitrogens with zero attached hydrogens (tertiary/aromatic N) is 12. The van der Waals surface area contributed by atoms with E-state index in [0.717, 1.165) is 142 Å². The Morgan fingerprint density at radius 2 is 1.20 bits per heavy atom. The summed E-state index contributed by atoms with van der Waals surface area (Å²) in [6.07, 6.45) is 13.8. The van der Waals surface area contributed by atoms with Gasteiger partial charge in [-0.05, 0) is 49.2 Å². The van der Waals surface area contributed by atoms with E-state index in [9.17, 15) is 0 Å². The average molecular weight is 780 g/mol. The summed E-state index contributed by atoms with van der Waals surface area (Å²) in [4.78, 5) is 22.9. The Morgan fingerprint density at radius 3 is 1.76 bits per heavy atom. The first kappa shape index (κ1) is 37.0. The minimum atomic E-state index is 0.477. The van der Waals surface area contributed by atoms with Crippen molar-refractivity contribution in [1.82, 2.24) is 59.5 Å². The molecule has 9 rings (SSSR count). The van der Waals surface area contributed by atoms with Gasteiger partial charge in [0.25, 0.3) is 0 Å². The van der Waals surface area contributed by atoms with E-state index in [1.807, 2.05) is 64.5 Å². The van der Waals surface area contributed by atoms with Gasteiger partial charge in [0.05, 0.1) is 60.9 Å². The lowest BCUT2D eigenvalue weighted by atomic mass is 10.1. The molecule has 0 saturated carbocycles. The van der Waals surface area contributed by atoms with Gasteiger partial charge < -0.3 is 14.8 Å². The van der Waals surface area contributed by atoms with Crippen molar-refractivity contribution in [2.75, 3.05) is 71.0 Å². The molecule has 7 aromatic rings. The van der Waals surface area contributed by atoms with E-state index in [1.54, 1.807) is 11.6 Å². The number of halogens is 1. The highest BCUT2D eigenvalue weighted by molar-refractivity contribution is 7.13. The van der Waals surface area contributed by atoms with Crippen LogP contribution in [-0.2, 0) is 22.6 Å². The molecule has 0 bridgehead atoms. The summed E-state index contributed by atoms with van der Waals surface area (Å²) in [5, 5.41) is 21.2. The zero-order valence-electron chi connectivity index (χ0n) is 30.4. The quantitative estimate of drug-likeness (QED) is 0.152. The topological polar surface area (TPSA) is 150 Å². The average Bonchev–Trinajstić information content (AvgIpc) is 4.02. The van der Waals surface area contributed by atoms with Gasteiger partial charge in [-0.2, -0.15) is 10.2 Å². The van der Waals surface area contributed by atoms with E-state index in [0.29, 0.717) is 10.3 Å². The van der Waals surface area contributed by atoms with Crippen LogP contribution >= 0.6 is 22.9 Å². The molecular weight excluding hydrogens is 738 g/mol. The van der Waals surface area contributed by atoms with E-state index in [4.69, 9.17) is 21.1 Å². The monoisotopic (exact) mass is 779 g/mol. The van der Waals surface area contributed by atoms with Crippen molar-refractivity contribution in [2.24, 2.45) is 0 Å². The zero-order chi connectivity index (χ0) is 37.2. The van der Waals surface area contributed by atoms with Crippen molar-refractivity contribution in [3.05, 3.63) is 84.2 Å². The molecule has 17 heteroatoms. The molecule has 0 unspecified atom stereocenters. The van der Waals surface area contributed by atoms with E-state index >= 15 is 0 Å². The number of nitrogens with one attached hydrogen (secondary N) is 1. The summed E-state index contributed by atoms with van der Waals surface area (Å²) < 4.78 is 14.8. The highest BCUT2D eigenvalue weighted by atomic mass is 35.5. The third-order valence-electron chi connectivity index (χ3n) is 9.50. The molecule has 9 heterocycles. The molecule has 0 aromatic carbocycles. The van der Waals surface area contributed by atoms with Crippen molar-refractivity contribution in [3.63, 3.8) is 0 Å². The van der Waals surface area contributed by atoms with Gasteiger partial charge in [-0.15, -0.1) is 10.2 Å². The molecule has 7 aromatic heterocycles. The Kier molecular flexibility index (Phi) is 12.2. The lowest BCUT2D eigenvalue weighted by molar-refractivity contribution is 0.0367. The van der Waals surface area contributed by atoms with Gasteiger partial charge in [-0.25, -0.2) is 9.97 Å². The normalized spacial score (nSPS) is 15.3. The molecule has 2 fully saturated rings. The number of ether oxygens (including phenoxy) is 2. The van der Waals surface area contributed by atoms with Gasteiger partial charge >= 0.3 is 0 Å². The fraction of sp³-hybridized carbons (Fsp3) is 0.368. The molecule has 1 N–H and O–H groups in total. The van der Waals surface area contributed by atoms with Gasteiger partial charge in [0, 0.05) is 99.4 Å². The summed E-state index contributed by atoms with van der Waals surface area (Å²) >= 11 is 7.41. The lowest BCUT2D eigenvalue weighted by Gasteiger charge is -2.26. The molecule has 284 valence electrons. The number of hydrogen-bond donors (Lipinski definition) is 1. The van der Waals surface area contributed by atoms with Crippen LogP contribution in [0.15, 0.2) is 79.1 Å². The second-order valence-electron chi connectivity index (χ2n) is 13.3. The molecule has 0 atom stereocenters. The zero-order valence-corrected chi connectivity index (χ0v) is 31.9. The van der Waals surface area contributed by atoms with E-state index in [2.05, 4.69) is 67.8 Å². The Bertz CT molecular complexity index is 2290. The minimum absolute atomic E-state index is 0.477. The van der Waals surface area contributed by atoms with Crippen LogP contribution in [0.3, 0.4) is 0 Å². The van der Waals surface area contributed by atoms with E-state index in [-0.39, 0.29) is 0 Å². The minimum Gasteiger partial charge on any atom is -0.379 e. The molecule has 15 nitrogen and oxygen atoms in total. The molecule has 0 spiro atoms. The molecule has 2 aliphatic rings. The van der Waals surface area contributed by atoms with Crippen LogP contribution in [0.2, 0.25) is 5.15 Å². The fourth-order valence-electron chi connectivity index (χ4n) is 6.54. The Hall–Kier alpha value is -4.97. The smallest absolute Gasteiger partial charge is 0.210 e. The van der Waals surface area contributed by atoms with E-state index in [1.165, 1.54) is 11.3 Å². The second kappa shape index (κ2) is 18.1. The van der Waals surface area contributed by atoms with Crippen molar-refractivity contribution in [1.29, 1.82) is 0 Å². The van der Waals surface area contributed by atoms with Crippen LogP contribution in [0.5, 0.6) is 0 Å². The maximum atomic E-state index is 5.98. The third kappa shape index (κ3) is 10.0. The largest absolute Gasteiger partial charge is 0.379 e. The first-order valence-corrected chi connectivity index (χ1v) is 19.8. The summed E-state index contributed by atoms with van der Waals surface area (Å²) in [5.41, 5.74) is 9.08. The molecule has 0 radical (unpaired) electrons. The fourth-order valence-corrected chi connectivity index (χ4v) is 7.15. The molecular formula is C38H42ClN13O2S. The first-order chi connectivity index (χ1) is 27.1. The number of hydrogen-bond acceptors (Lipinski definition) is 14. The van der Waals surface area contributed by atoms with Gasteiger partial charge in [-0.1, -0.05) is 22.9 Å². The highest BCUT2D eigenvalue weighted by Crippen LogP contribution is 2.25. The second-order valence-corrected chi connectivity index (χ2v) is 14.5. The van der Waals surface area contributed by atoms with Crippen LogP contribution in [0, 0.1) is 0 Å². The molecule has 0 aliphatic carbocycles. The molecule has 2 aliphatic heterocycles. The SMILES string of the molecule is Clc1ccc2ncc(-c3cnn(CCCN4CCOCC4)c3)cc2n1.c1nnc(Nc2ccc3ncc(-c4cnn(CCCN5CCOCC5)c4)cc3n2)s1. The number of rotatable bonds is 12. The van der Waals surface area contributed by atoms with Gasteiger partial charge in [-0.3, -0.25) is 29.1 Å². The highest BCUT2D eigenvalue weighted by Gasteiger charge is 2.12. The summed E-state index contributed by atoms with van der Waals surface area (Å²) in [6, 6.07) is 11.5. The number of aromatic nitrogens is 10. The van der Waals surface area contributed by atoms with Crippen molar-refractivity contribution >= 4 is 56.0 Å². The van der Waals surface area contributed by atoms with Crippen molar-refractivity contribution in [2.45, 2.75) is 25.9 Å². The van der Waals surface area contributed by atoms with Crippen molar-refractivity contribution in [3.8, 4) is 22.3 Å². The first-order valence-electron chi connectivity index (χ1n) is 18.5. The molecule has 0 amide bonds. The van der Waals surface area contributed by atoms with Crippen molar-refractivity contribution < 1.29 is 9.47 Å². The standard InChI is InChI=1S/C20H22N8OS.C18H20ClN5O/c1(4-27-6-8-29-9-7-27)5-28-13-16(12-23-28)15-10-18-17(21-11-15)2-3-19(24-18)25-20-26-22-14-30-20;19-18-3-2-16-17(22-18)10-14(11-20-16)15-12-21-24(13-15)5-1-4-23-6-8-25-9-7-23/h2-3,10-14H,1,4-9H2,(H,24,25,26);2-3,10-13H,1,4-9H2. The van der Waals surface area contributed by atoms with Gasteiger partial charge in [0.15, 0.2) is 0 Å². The van der Waals surface area contributed by atoms with Gasteiger partial charge in [0.2, 0.25) is 5.13 Å². The van der Waals surface area contributed by atoms with Crippen LogP contribution < -0.4 is 5.32 Å². The Balaban J connectivity index is 0.000000158.